The van der Waals surface area contributed by atoms with Crippen molar-refractivity contribution < 1.29 is 13.9 Å². The Balaban J connectivity index is 1.82. The van der Waals surface area contributed by atoms with Crippen LogP contribution >= 0.6 is 11.3 Å². The molecule has 1 N–H and O–H groups in total. The number of carbonyl (C=O) groups is 1. The molecule has 0 aliphatic heterocycles. The third kappa shape index (κ3) is 4.08. The lowest BCUT2D eigenvalue weighted by Crippen LogP contribution is -2.27. The van der Waals surface area contributed by atoms with Crippen molar-refractivity contribution in [3.05, 3.63) is 52.6 Å². The SMILES string of the molecule is COC(CNC(=O)C=Cc1ccco1)c1ccsc1. The fraction of sp³-hybridized carbons (Fsp3) is 0.214. The van der Waals surface area contributed by atoms with E-state index in [4.69, 9.17) is 9.15 Å². The zero-order chi connectivity index (χ0) is 13.5. The molecule has 0 radical (unpaired) electrons. The summed E-state index contributed by atoms with van der Waals surface area (Å²) in [5.74, 6) is 0.477. The Morgan fingerprint density at radius 2 is 2.47 bits per heavy atom. The van der Waals surface area contributed by atoms with Crippen LogP contribution in [0, 0.1) is 0 Å². The first-order valence-electron chi connectivity index (χ1n) is 5.84. The Morgan fingerprint density at radius 3 is 3.11 bits per heavy atom. The zero-order valence-electron chi connectivity index (χ0n) is 10.5. The van der Waals surface area contributed by atoms with E-state index in [-0.39, 0.29) is 12.0 Å². The zero-order valence-corrected chi connectivity index (χ0v) is 11.4. The predicted octanol–water partition coefficient (Wildman–Crippen LogP) is 2.86. The number of methoxy groups -OCH3 is 1. The number of hydrogen-bond acceptors (Lipinski definition) is 4. The van der Waals surface area contributed by atoms with Crippen LogP contribution < -0.4 is 5.32 Å². The Bertz CT molecular complexity index is 517. The summed E-state index contributed by atoms with van der Waals surface area (Å²) in [6.07, 6.45) is 4.52. The predicted molar refractivity (Wildman–Crippen MR) is 74.8 cm³/mol. The van der Waals surface area contributed by atoms with Crippen molar-refractivity contribution in [1.82, 2.24) is 5.32 Å². The summed E-state index contributed by atoms with van der Waals surface area (Å²) in [7, 11) is 1.63. The van der Waals surface area contributed by atoms with Gasteiger partial charge in [0.05, 0.1) is 6.26 Å². The molecule has 0 bridgehead atoms. The summed E-state index contributed by atoms with van der Waals surface area (Å²) in [6, 6.07) is 5.55. The molecular formula is C14H15NO3S. The first-order valence-corrected chi connectivity index (χ1v) is 6.78. The van der Waals surface area contributed by atoms with Crippen LogP contribution in [0.4, 0.5) is 0 Å². The van der Waals surface area contributed by atoms with E-state index >= 15 is 0 Å². The van der Waals surface area contributed by atoms with E-state index in [1.807, 2.05) is 16.8 Å². The van der Waals surface area contributed by atoms with Crippen molar-refractivity contribution in [2.24, 2.45) is 0 Å². The second kappa shape index (κ2) is 6.92. The maximum atomic E-state index is 11.6. The Hall–Kier alpha value is -1.85. The fourth-order valence-corrected chi connectivity index (χ4v) is 2.29. The fourth-order valence-electron chi connectivity index (χ4n) is 1.59. The lowest BCUT2D eigenvalue weighted by Gasteiger charge is -2.14. The van der Waals surface area contributed by atoms with Gasteiger partial charge in [-0.3, -0.25) is 4.79 Å². The molecule has 5 heteroatoms. The van der Waals surface area contributed by atoms with E-state index in [9.17, 15) is 4.79 Å². The third-order valence-corrected chi connectivity index (χ3v) is 3.30. The average molecular weight is 277 g/mol. The molecule has 0 saturated carbocycles. The minimum atomic E-state index is -0.173. The first-order chi connectivity index (χ1) is 9.29. The molecule has 0 aromatic carbocycles. The second-order valence-corrected chi connectivity index (χ2v) is 4.65. The van der Waals surface area contributed by atoms with E-state index in [2.05, 4.69) is 5.32 Å². The number of hydrogen-bond donors (Lipinski definition) is 1. The molecule has 2 rings (SSSR count). The summed E-state index contributed by atoms with van der Waals surface area (Å²) in [6.45, 7) is 0.439. The maximum absolute atomic E-state index is 11.6. The van der Waals surface area contributed by atoms with Crippen molar-refractivity contribution in [2.45, 2.75) is 6.10 Å². The summed E-state index contributed by atoms with van der Waals surface area (Å²) in [5.41, 5.74) is 1.07. The monoisotopic (exact) mass is 277 g/mol. The van der Waals surface area contributed by atoms with Crippen molar-refractivity contribution in [1.29, 1.82) is 0 Å². The highest BCUT2D eigenvalue weighted by atomic mass is 32.1. The van der Waals surface area contributed by atoms with E-state index in [1.165, 1.54) is 6.08 Å². The normalized spacial score (nSPS) is 12.7. The third-order valence-electron chi connectivity index (χ3n) is 2.60. The van der Waals surface area contributed by atoms with Crippen molar-refractivity contribution >= 4 is 23.3 Å². The van der Waals surface area contributed by atoms with Crippen molar-refractivity contribution in [3.8, 4) is 0 Å². The first kappa shape index (κ1) is 13.6. The molecule has 4 nitrogen and oxygen atoms in total. The van der Waals surface area contributed by atoms with Crippen molar-refractivity contribution in [3.63, 3.8) is 0 Å². The van der Waals surface area contributed by atoms with Gasteiger partial charge in [0, 0.05) is 19.7 Å². The van der Waals surface area contributed by atoms with Gasteiger partial charge < -0.3 is 14.5 Å². The van der Waals surface area contributed by atoms with Crippen LogP contribution in [-0.4, -0.2) is 19.6 Å². The topological polar surface area (TPSA) is 51.5 Å². The molecule has 2 heterocycles. The van der Waals surface area contributed by atoms with Gasteiger partial charge in [-0.05, 0) is 40.6 Å². The van der Waals surface area contributed by atoms with Gasteiger partial charge in [-0.1, -0.05) is 0 Å². The molecule has 0 aliphatic carbocycles. The van der Waals surface area contributed by atoms with E-state index in [1.54, 1.807) is 42.9 Å². The largest absolute Gasteiger partial charge is 0.465 e. The van der Waals surface area contributed by atoms with Gasteiger partial charge >= 0.3 is 0 Å². The van der Waals surface area contributed by atoms with Gasteiger partial charge in [-0.25, -0.2) is 0 Å². The number of thiophene rings is 1. The van der Waals surface area contributed by atoms with Gasteiger partial charge in [0.25, 0.3) is 0 Å². The molecule has 1 unspecified atom stereocenters. The van der Waals surface area contributed by atoms with E-state index in [0.717, 1.165) is 5.56 Å². The minimum Gasteiger partial charge on any atom is -0.465 e. The lowest BCUT2D eigenvalue weighted by atomic mass is 10.2. The summed E-state index contributed by atoms with van der Waals surface area (Å²) >= 11 is 1.61. The van der Waals surface area contributed by atoms with Crippen LogP contribution in [0.5, 0.6) is 0 Å². The number of carbonyl (C=O) groups excluding carboxylic acids is 1. The molecular weight excluding hydrogens is 262 g/mol. The molecule has 1 amide bonds. The Labute approximate surface area is 115 Å². The summed E-state index contributed by atoms with van der Waals surface area (Å²) in [4.78, 5) is 11.6. The summed E-state index contributed by atoms with van der Waals surface area (Å²) in [5, 5.41) is 6.80. The molecule has 0 saturated heterocycles. The number of rotatable bonds is 6. The highest BCUT2D eigenvalue weighted by Gasteiger charge is 2.11. The molecule has 0 aliphatic rings. The quantitative estimate of drug-likeness (QED) is 0.826. The van der Waals surface area contributed by atoms with Gasteiger partial charge in [-0.2, -0.15) is 11.3 Å². The molecule has 19 heavy (non-hydrogen) atoms. The molecule has 0 spiro atoms. The van der Waals surface area contributed by atoms with Crippen molar-refractivity contribution in [2.75, 3.05) is 13.7 Å². The number of ether oxygens (including phenoxy) is 1. The molecule has 100 valence electrons. The average Bonchev–Trinajstić information content (AvgIpc) is 3.10. The Morgan fingerprint density at radius 1 is 1.58 bits per heavy atom. The molecule has 0 fully saturated rings. The van der Waals surface area contributed by atoms with Gasteiger partial charge in [0.1, 0.15) is 11.9 Å². The van der Waals surface area contributed by atoms with Crippen LogP contribution in [0.15, 0.2) is 45.7 Å². The number of amides is 1. The second-order valence-electron chi connectivity index (χ2n) is 3.87. The smallest absolute Gasteiger partial charge is 0.244 e. The molecule has 2 aromatic heterocycles. The van der Waals surface area contributed by atoms with Crippen LogP contribution in [0.3, 0.4) is 0 Å². The van der Waals surface area contributed by atoms with Crippen LogP contribution in [0.1, 0.15) is 17.4 Å². The Kier molecular flexibility index (Phi) is 4.94. The van der Waals surface area contributed by atoms with Gasteiger partial charge in [0.15, 0.2) is 0 Å². The standard InChI is InChI=1S/C14H15NO3S/c1-17-13(11-6-8-19-10-11)9-15-14(16)5-4-12-3-2-7-18-12/h2-8,10,13H,9H2,1H3,(H,15,16). The van der Waals surface area contributed by atoms with Crippen LogP contribution in [-0.2, 0) is 9.53 Å². The van der Waals surface area contributed by atoms with E-state index in [0.29, 0.717) is 12.3 Å². The highest BCUT2D eigenvalue weighted by Crippen LogP contribution is 2.18. The molecule has 1 atom stereocenters. The molecule has 2 aromatic rings. The highest BCUT2D eigenvalue weighted by molar-refractivity contribution is 7.07. The minimum absolute atomic E-state index is 0.118. The van der Waals surface area contributed by atoms with E-state index < -0.39 is 0 Å². The number of furan rings is 1. The maximum Gasteiger partial charge on any atom is 0.244 e. The van der Waals surface area contributed by atoms with Crippen LogP contribution in [0.2, 0.25) is 0 Å². The van der Waals surface area contributed by atoms with Gasteiger partial charge in [-0.15, -0.1) is 0 Å². The lowest BCUT2D eigenvalue weighted by molar-refractivity contribution is -0.117. The van der Waals surface area contributed by atoms with Gasteiger partial charge in [0.2, 0.25) is 5.91 Å². The van der Waals surface area contributed by atoms with Crippen LogP contribution in [0.25, 0.3) is 6.08 Å². The summed E-state index contributed by atoms with van der Waals surface area (Å²) < 4.78 is 10.4. The number of nitrogens with one attached hydrogen (secondary N) is 1.